The maximum Gasteiger partial charge on any atom is 0.314 e. The number of hydrogen-bond acceptors (Lipinski definition) is 3. The number of ether oxygens (including phenoxy) is 1. The summed E-state index contributed by atoms with van der Waals surface area (Å²) in [5.74, 6) is -0.168. The highest BCUT2D eigenvalue weighted by Crippen LogP contribution is 2.28. The molecule has 0 heterocycles. The Hall–Kier alpha value is -1.30. The van der Waals surface area contributed by atoms with Gasteiger partial charge in [-0.15, -0.1) is 0 Å². The molecule has 6 nitrogen and oxygen atoms in total. The fraction of sp³-hybridized carbons (Fsp3) is 0.833. The van der Waals surface area contributed by atoms with E-state index in [9.17, 15) is 9.59 Å². The first-order chi connectivity index (χ1) is 8.61. The zero-order chi connectivity index (χ0) is 13.4. The van der Waals surface area contributed by atoms with E-state index in [2.05, 4.69) is 10.6 Å². The van der Waals surface area contributed by atoms with E-state index in [0.717, 1.165) is 12.3 Å². The van der Waals surface area contributed by atoms with Crippen LogP contribution >= 0.6 is 0 Å². The van der Waals surface area contributed by atoms with Gasteiger partial charge >= 0.3 is 12.0 Å². The Bertz CT molecular complexity index is 279. The first-order valence-electron chi connectivity index (χ1n) is 6.38. The van der Waals surface area contributed by atoms with Crippen molar-refractivity contribution in [3.63, 3.8) is 0 Å². The van der Waals surface area contributed by atoms with Crippen molar-refractivity contribution >= 4 is 12.0 Å². The van der Waals surface area contributed by atoms with Gasteiger partial charge in [0.2, 0.25) is 0 Å². The fourth-order valence-corrected chi connectivity index (χ4v) is 1.87. The average molecular weight is 258 g/mol. The van der Waals surface area contributed by atoms with Crippen LogP contribution in [0.15, 0.2) is 0 Å². The van der Waals surface area contributed by atoms with Gasteiger partial charge in [-0.25, -0.2) is 4.79 Å². The van der Waals surface area contributed by atoms with Crippen LogP contribution < -0.4 is 10.6 Å². The summed E-state index contributed by atoms with van der Waals surface area (Å²) in [5, 5.41) is 14.0. The van der Waals surface area contributed by atoms with E-state index in [1.807, 2.05) is 0 Å². The number of hydrogen-bond donors (Lipinski definition) is 3. The minimum atomic E-state index is -0.936. The van der Waals surface area contributed by atoms with E-state index in [1.165, 1.54) is 26.4 Å². The summed E-state index contributed by atoms with van der Waals surface area (Å²) in [6.07, 6.45) is 4.28. The molecule has 0 aromatic heterocycles. The van der Waals surface area contributed by atoms with Gasteiger partial charge in [0.15, 0.2) is 0 Å². The molecule has 1 rings (SSSR count). The van der Waals surface area contributed by atoms with Crippen LogP contribution in [0.25, 0.3) is 0 Å². The third kappa shape index (κ3) is 5.86. The highest BCUT2D eigenvalue weighted by molar-refractivity contribution is 5.74. The zero-order valence-corrected chi connectivity index (χ0v) is 10.8. The Morgan fingerprint density at radius 3 is 2.61 bits per heavy atom. The van der Waals surface area contributed by atoms with Gasteiger partial charge in [-0.3, -0.25) is 4.79 Å². The number of methoxy groups -OCH3 is 1. The summed E-state index contributed by atoms with van der Waals surface area (Å²) in [6, 6.07) is -0.262. The molecule has 104 valence electrons. The monoisotopic (exact) mass is 258 g/mol. The van der Waals surface area contributed by atoms with Gasteiger partial charge in [0.05, 0.1) is 12.5 Å². The highest BCUT2D eigenvalue weighted by Gasteiger charge is 2.17. The molecule has 0 bridgehead atoms. The summed E-state index contributed by atoms with van der Waals surface area (Å²) < 4.78 is 4.96. The Kier molecular flexibility index (Phi) is 6.49. The average Bonchev–Trinajstić information content (AvgIpc) is 2.27. The summed E-state index contributed by atoms with van der Waals surface area (Å²) >= 11 is 0. The molecule has 1 aliphatic carbocycles. The van der Waals surface area contributed by atoms with E-state index >= 15 is 0 Å². The van der Waals surface area contributed by atoms with Gasteiger partial charge < -0.3 is 20.5 Å². The third-order valence-electron chi connectivity index (χ3n) is 3.29. The lowest BCUT2D eigenvalue weighted by Gasteiger charge is -2.25. The van der Waals surface area contributed by atoms with Crippen molar-refractivity contribution in [2.45, 2.75) is 38.2 Å². The second kappa shape index (κ2) is 7.92. The number of carbonyl (C=O) groups is 2. The molecule has 1 aliphatic rings. The maximum absolute atomic E-state index is 11.4. The number of urea groups is 1. The normalized spacial score (nSPS) is 16.7. The molecular formula is C12H22N2O4. The van der Waals surface area contributed by atoms with Gasteiger partial charge in [-0.2, -0.15) is 0 Å². The molecule has 18 heavy (non-hydrogen) atoms. The van der Waals surface area contributed by atoms with Crippen molar-refractivity contribution < 1.29 is 19.4 Å². The third-order valence-corrected chi connectivity index (χ3v) is 3.29. The molecule has 6 heteroatoms. The minimum Gasteiger partial charge on any atom is -0.481 e. The quantitative estimate of drug-likeness (QED) is 0.605. The van der Waals surface area contributed by atoms with E-state index in [0.29, 0.717) is 6.54 Å². The number of nitrogens with one attached hydrogen (secondary N) is 2. The minimum absolute atomic E-state index is 0.112. The number of carbonyl (C=O) groups excluding carboxylic acids is 1. The molecule has 1 saturated carbocycles. The van der Waals surface area contributed by atoms with Crippen LogP contribution in [0.4, 0.5) is 4.79 Å². The molecule has 1 unspecified atom stereocenters. The summed E-state index contributed by atoms with van der Waals surface area (Å²) in [6.45, 7) is 0.880. The standard InChI is InChI=1S/C12H22N2O4/c1-18-10(7-11(15)16)8-14-12(17)13-6-5-9-3-2-4-9/h9-10H,2-8H2,1H3,(H,15,16)(H2,13,14,17). The number of carboxylic acids is 1. The van der Waals surface area contributed by atoms with Gasteiger partial charge in [-0.1, -0.05) is 19.3 Å². The second-order valence-electron chi connectivity index (χ2n) is 4.68. The van der Waals surface area contributed by atoms with Crippen molar-refractivity contribution in [1.29, 1.82) is 0 Å². The van der Waals surface area contributed by atoms with Crippen molar-refractivity contribution in [2.24, 2.45) is 5.92 Å². The lowest BCUT2D eigenvalue weighted by Crippen LogP contribution is -2.41. The lowest BCUT2D eigenvalue weighted by atomic mass is 9.83. The fourth-order valence-electron chi connectivity index (χ4n) is 1.87. The molecular weight excluding hydrogens is 236 g/mol. The predicted molar refractivity (Wildman–Crippen MR) is 66.4 cm³/mol. The first kappa shape index (κ1) is 14.8. The molecule has 3 N–H and O–H groups in total. The van der Waals surface area contributed by atoms with Crippen LogP contribution in [0.5, 0.6) is 0 Å². The molecule has 0 aliphatic heterocycles. The Morgan fingerprint density at radius 2 is 2.11 bits per heavy atom. The molecule has 1 atom stereocenters. The van der Waals surface area contributed by atoms with Gasteiger partial charge in [0.25, 0.3) is 0 Å². The van der Waals surface area contributed by atoms with Crippen LogP contribution in [0, 0.1) is 5.92 Å². The van der Waals surface area contributed by atoms with Gasteiger partial charge in [0.1, 0.15) is 0 Å². The predicted octanol–water partition coefficient (Wildman–Crippen LogP) is 0.965. The highest BCUT2D eigenvalue weighted by atomic mass is 16.5. The molecule has 0 aromatic rings. The van der Waals surface area contributed by atoms with E-state index in [4.69, 9.17) is 9.84 Å². The second-order valence-corrected chi connectivity index (χ2v) is 4.68. The molecule has 0 spiro atoms. The Labute approximate surface area is 107 Å². The smallest absolute Gasteiger partial charge is 0.314 e. The first-order valence-corrected chi connectivity index (χ1v) is 6.38. The van der Waals surface area contributed by atoms with Crippen LogP contribution in [-0.4, -0.2) is 43.4 Å². The van der Waals surface area contributed by atoms with Crippen LogP contribution in [0.3, 0.4) is 0 Å². The van der Waals surface area contributed by atoms with Crippen molar-refractivity contribution in [1.82, 2.24) is 10.6 Å². The molecule has 0 saturated heterocycles. The molecule has 2 amide bonds. The zero-order valence-electron chi connectivity index (χ0n) is 10.8. The topological polar surface area (TPSA) is 87.7 Å². The lowest BCUT2D eigenvalue weighted by molar-refractivity contribution is -0.139. The summed E-state index contributed by atoms with van der Waals surface area (Å²) in [5.41, 5.74) is 0. The van der Waals surface area contributed by atoms with Crippen molar-refractivity contribution in [3.05, 3.63) is 0 Å². The molecule has 1 fully saturated rings. The number of amides is 2. The van der Waals surface area contributed by atoms with Crippen LogP contribution in [0.1, 0.15) is 32.1 Å². The summed E-state index contributed by atoms with van der Waals surface area (Å²) in [4.78, 5) is 21.9. The number of aliphatic carboxylic acids is 1. The van der Waals surface area contributed by atoms with Gasteiger partial charge in [0, 0.05) is 20.2 Å². The Morgan fingerprint density at radius 1 is 1.39 bits per heavy atom. The van der Waals surface area contributed by atoms with Crippen molar-refractivity contribution in [2.75, 3.05) is 20.2 Å². The van der Waals surface area contributed by atoms with E-state index in [1.54, 1.807) is 0 Å². The van der Waals surface area contributed by atoms with E-state index in [-0.39, 0.29) is 19.0 Å². The SMILES string of the molecule is COC(CNC(=O)NCCC1CCC1)CC(=O)O. The van der Waals surface area contributed by atoms with Crippen LogP contribution in [-0.2, 0) is 9.53 Å². The van der Waals surface area contributed by atoms with Crippen LogP contribution in [0.2, 0.25) is 0 Å². The Balaban J connectivity index is 2.05. The van der Waals surface area contributed by atoms with Crippen molar-refractivity contribution in [3.8, 4) is 0 Å². The maximum atomic E-state index is 11.4. The molecule has 0 aromatic carbocycles. The van der Waals surface area contributed by atoms with Gasteiger partial charge in [-0.05, 0) is 12.3 Å². The number of rotatable bonds is 8. The molecule has 0 radical (unpaired) electrons. The number of carboxylic acid groups (broad SMARTS) is 1. The van der Waals surface area contributed by atoms with E-state index < -0.39 is 12.1 Å². The summed E-state index contributed by atoms with van der Waals surface area (Å²) in [7, 11) is 1.43. The largest absolute Gasteiger partial charge is 0.481 e.